The second-order valence-electron chi connectivity index (χ2n) is 6.25. The van der Waals surface area contributed by atoms with E-state index >= 15 is 0 Å². The molecule has 2 heteroatoms. The quantitative estimate of drug-likeness (QED) is 0.662. The summed E-state index contributed by atoms with van der Waals surface area (Å²) in [6, 6.07) is 0. The summed E-state index contributed by atoms with van der Waals surface area (Å²) in [6.07, 6.45) is 11.2. The first-order valence-corrected chi connectivity index (χ1v) is 8.02. The maximum Gasteiger partial charge on any atom is 0.0621 e. The van der Waals surface area contributed by atoms with Crippen molar-refractivity contribution in [3.63, 3.8) is 0 Å². The lowest BCUT2D eigenvalue weighted by atomic mass is 9.80. The molecule has 0 heterocycles. The third-order valence-corrected chi connectivity index (χ3v) is 4.36. The summed E-state index contributed by atoms with van der Waals surface area (Å²) in [5.41, 5.74) is 5.87. The van der Waals surface area contributed by atoms with Crippen molar-refractivity contribution in [2.45, 2.75) is 84.3 Å². The van der Waals surface area contributed by atoms with Gasteiger partial charge in [0.2, 0.25) is 0 Å². The average molecular weight is 255 g/mol. The topological polar surface area (TPSA) is 35.2 Å². The maximum atomic E-state index is 6.27. The molecule has 0 bridgehead atoms. The van der Waals surface area contributed by atoms with Gasteiger partial charge in [0, 0.05) is 0 Å². The van der Waals surface area contributed by atoms with Crippen LogP contribution in [0.2, 0.25) is 0 Å². The van der Waals surface area contributed by atoms with Crippen LogP contribution in [0.1, 0.15) is 72.1 Å². The standard InChI is InChI=1S/C16H33NO/c1-4-5-6-7-8-14(3)18-16-11-13(2)9-10-15(16)12-17/h13-16H,4-12,17H2,1-3H3. The van der Waals surface area contributed by atoms with Crippen LogP contribution in [0.15, 0.2) is 0 Å². The molecule has 0 radical (unpaired) electrons. The van der Waals surface area contributed by atoms with Gasteiger partial charge in [0.05, 0.1) is 12.2 Å². The van der Waals surface area contributed by atoms with Crippen LogP contribution in [0.25, 0.3) is 0 Å². The Morgan fingerprint density at radius 2 is 2.00 bits per heavy atom. The molecule has 1 aliphatic rings. The van der Waals surface area contributed by atoms with E-state index in [1.807, 2.05) is 0 Å². The minimum Gasteiger partial charge on any atom is -0.375 e. The molecule has 2 nitrogen and oxygen atoms in total. The summed E-state index contributed by atoms with van der Waals surface area (Å²) < 4.78 is 6.27. The number of unbranched alkanes of at least 4 members (excludes halogenated alkanes) is 3. The van der Waals surface area contributed by atoms with Crippen LogP contribution >= 0.6 is 0 Å². The first kappa shape index (κ1) is 16.0. The first-order chi connectivity index (χ1) is 8.67. The zero-order valence-electron chi connectivity index (χ0n) is 12.7. The monoisotopic (exact) mass is 255 g/mol. The van der Waals surface area contributed by atoms with Crippen molar-refractivity contribution in [2.75, 3.05) is 6.54 Å². The van der Waals surface area contributed by atoms with Crippen molar-refractivity contribution < 1.29 is 4.74 Å². The summed E-state index contributed by atoms with van der Waals surface area (Å²) >= 11 is 0. The third kappa shape index (κ3) is 5.71. The highest BCUT2D eigenvalue weighted by molar-refractivity contribution is 4.80. The lowest BCUT2D eigenvalue weighted by molar-refractivity contribution is -0.0631. The van der Waals surface area contributed by atoms with E-state index < -0.39 is 0 Å². The molecule has 0 amide bonds. The fraction of sp³-hybridized carbons (Fsp3) is 1.00. The van der Waals surface area contributed by atoms with E-state index in [1.165, 1.54) is 51.4 Å². The van der Waals surface area contributed by atoms with E-state index in [-0.39, 0.29) is 0 Å². The van der Waals surface area contributed by atoms with Gasteiger partial charge in [-0.25, -0.2) is 0 Å². The van der Waals surface area contributed by atoms with Crippen LogP contribution < -0.4 is 5.73 Å². The lowest BCUT2D eigenvalue weighted by Crippen LogP contribution is -2.37. The van der Waals surface area contributed by atoms with Crippen LogP contribution in [-0.2, 0) is 4.74 Å². The number of ether oxygens (including phenoxy) is 1. The van der Waals surface area contributed by atoms with Crippen LogP contribution in [0.3, 0.4) is 0 Å². The van der Waals surface area contributed by atoms with Gasteiger partial charge in [0.1, 0.15) is 0 Å². The summed E-state index contributed by atoms with van der Waals surface area (Å²) in [4.78, 5) is 0. The van der Waals surface area contributed by atoms with Crippen molar-refractivity contribution in [2.24, 2.45) is 17.6 Å². The Morgan fingerprint density at radius 3 is 2.67 bits per heavy atom. The molecule has 1 fully saturated rings. The van der Waals surface area contributed by atoms with E-state index in [1.54, 1.807) is 0 Å². The Hall–Kier alpha value is -0.0800. The van der Waals surface area contributed by atoms with E-state index in [4.69, 9.17) is 10.5 Å². The summed E-state index contributed by atoms with van der Waals surface area (Å²) in [7, 11) is 0. The van der Waals surface area contributed by atoms with Gasteiger partial charge in [-0.05, 0) is 44.6 Å². The summed E-state index contributed by atoms with van der Waals surface area (Å²) in [5, 5.41) is 0. The highest BCUT2D eigenvalue weighted by Gasteiger charge is 2.29. The lowest BCUT2D eigenvalue weighted by Gasteiger charge is -2.35. The normalized spacial score (nSPS) is 30.3. The molecule has 0 aliphatic heterocycles. The molecular weight excluding hydrogens is 222 g/mol. The summed E-state index contributed by atoms with van der Waals surface area (Å²) in [6.45, 7) is 7.63. The Labute approximate surface area is 114 Å². The molecule has 4 atom stereocenters. The van der Waals surface area contributed by atoms with Crippen LogP contribution in [0.4, 0.5) is 0 Å². The van der Waals surface area contributed by atoms with Gasteiger partial charge < -0.3 is 10.5 Å². The van der Waals surface area contributed by atoms with E-state index in [0.717, 1.165) is 12.5 Å². The van der Waals surface area contributed by atoms with Crippen LogP contribution in [0.5, 0.6) is 0 Å². The first-order valence-electron chi connectivity index (χ1n) is 8.02. The Bertz CT molecular complexity index is 207. The average Bonchev–Trinajstić information content (AvgIpc) is 2.35. The fourth-order valence-corrected chi connectivity index (χ4v) is 3.05. The predicted molar refractivity (Wildman–Crippen MR) is 78.7 cm³/mol. The van der Waals surface area contributed by atoms with Crippen LogP contribution in [-0.4, -0.2) is 18.8 Å². The van der Waals surface area contributed by atoms with Gasteiger partial charge in [0.25, 0.3) is 0 Å². The minimum atomic E-state index is 0.409. The van der Waals surface area contributed by atoms with Gasteiger partial charge in [-0.15, -0.1) is 0 Å². The summed E-state index contributed by atoms with van der Waals surface area (Å²) in [5.74, 6) is 1.41. The third-order valence-electron chi connectivity index (χ3n) is 4.36. The molecule has 1 rings (SSSR count). The number of nitrogens with two attached hydrogens (primary N) is 1. The zero-order valence-corrected chi connectivity index (χ0v) is 12.7. The van der Waals surface area contributed by atoms with Crippen molar-refractivity contribution in [1.29, 1.82) is 0 Å². The minimum absolute atomic E-state index is 0.409. The molecule has 0 spiro atoms. The van der Waals surface area contributed by atoms with Crippen molar-refractivity contribution in [1.82, 2.24) is 0 Å². The molecular formula is C16H33NO. The van der Waals surface area contributed by atoms with Gasteiger partial charge in [-0.3, -0.25) is 0 Å². The van der Waals surface area contributed by atoms with E-state index in [0.29, 0.717) is 18.1 Å². The molecule has 1 aliphatic carbocycles. The Balaban J connectivity index is 2.25. The van der Waals surface area contributed by atoms with Gasteiger partial charge >= 0.3 is 0 Å². The molecule has 4 unspecified atom stereocenters. The van der Waals surface area contributed by atoms with E-state index in [2.05, 4.69) is 20.8 Å². The largest absolute Gasteiger partial charge is 0.375 e. The van der Waals surface area contributed by atoms with Crippen molar-refractivity contribution in [3.8, 4) is 0 Å². The Morgan fingerprint density at radius 1 is 1.22 bits per heavy atom. The number of rotatable bonds is 8. The SMILES string of the molecule is CCCCCCC(C)OC1CC(C)CCC1CN. The maximum absolute atomic E-state index is 6.27. The van der Waals surface area contributed by atoms with Crippen molar-refractivity contribution >= 4 is 0 Å². The highest BCUT2D eigenvalue weighted by atomic mass is 16.5. The fourth-order valence-electron chi connectivity index (χ4n) is 3.05. The molecule has 0 saturated heterocycles. The Kier molecular flexibility index (Phi) is 7.92. The van der Waals surface area contributed by atoms with Gasteiger partial charge in [-0.2, -0.15) is 0 Å². The van der Waals surface area contributed by atoms with Crippen LogP contribution in [0, 0.1) is 11.8 Å². The number of hydrogen-bond acceptors (Lipinski definition) is 2. The van der Waals surface area contributed by atoms with Crippen molar-refractivity contribution in [3.05, 3.63) is 0 Å². The predicted octanol–water partition coefficient (Wildman–Crippen LogP) is 4.13. The molecule has 2 N–H and O–H groups in total. The second kappa shape index (κ2) is 8.92. The molecule has 1 saturated carbocycles. The van der Waals surface area contributed by atoms with Gasteiger partial charge in [0.15, 0.2) is 0 Å². The molecule has 0 aromatic heterocycles. The highest BCUT2D eigenvalue weighted by Crippen LogP contribution is 2.31. The molecule has 18 heavy (non-hydrogen) atoms. The second-order valence-corrected chi connectivity index (χ2v) is 6.25. The molecule has 0 aromatic rings. The molecule has 0 aromatic carbocycles. The zero-order chi connectivity index (χ0) is 13.4. The number of hydrogen-bond donors (Lipinski definition) is 1. The smallest absolute Gasteiger partial charge is 0.0621 e. The van der Waals surface area contributed by atoms with Gasteiger partial charge in [-0.1, -0.05) is 46.0 Å². The van der Waals surface area contributed by atoms with E-state index in [9.17, 15) is 0 Å². The molecule has 108 valence electrons.